The van der Waals surface area contributed by atoms with Crippen LogP contribution in [0.2, 0.25) is 0 Å². The molecule has 0 saturated carbocycles. The number of hydrogen-bond acceptors (Lipinski definition) is 6. The van der Waals surface area contributed by atoms with Crippen LogP contribution in [0.3, 0.4) is 0 Å². The second-order valence-corrected chi connectivity index (χ2v) is 7.57. The molecule has 0 bridgehead atoms. The van der Waals surface area contributed by atoms with Crippen LogP contribution in [0.5, 0.6) is 5.75 Å². The van der Waals surface area contributed by atoms with Crippen molar-refractivity contribution in [2.75, 3.05) is 0 Å². The van der Waals surface area contributed by atoms with Crippen LogP contribution in [-0.4, -0.2) is 27.4 Å². The fourth-order valence-electron chi connectivity index (χ4n) is 2.81. The zero-order valence-electron chi connectivity index (χ0n) is 16.1. The molecule has 28 heavy (non-hydrogen) atoms. The van der Waals surface area contributed by atoms with Gasteiger partial charge in [0.15, 0.2) is 10.7 Å². The summed E-state index contributed by atoms with van der Waals surface area (Å²) in [6.45, 7) is 4.08. The molecule has 3 rings (SSSR count). The van der Waals surface area contributed by atoms with Crippen LogP contribution < -0.4 is 4.74 Å². The van der Waals surface area contributed by atoms with Crippen molar-refractivity contribution in [1.82, 2.24) is 9.38 Å². The second kappa shape index (κ2) is 9.50. The van der Waals surface area contributed by atoms with Crippen LogP contribution in [0.25, 0.3) is 4.96 Å². The summed E-state index contributed by atoms with van der Waals surface area (Å²) < 4.78 is 12.6. The molecule has 0 aliphatic heterocycles. The number of imidazole rings is 1. The summed E-state index contributed by atoms with van der Waals surface area (Å²) in [4.78, 5) is 29.4. The van der Waals surface area contributed by atoms with E-state index in [0.717, 1.165) is 24.2 Å². The zero-order chi connectivity index (χ0) is 19.9. The molecule has 0 aliphatic rings. The summed E-state index contributed by atoms with van der Waals surface area (Å²) in [6, 6.07) is 6.36. The Bertz CT molecular complexity index is 901. The smallest absolute Gasteiger partial charge is 0.363 e. The summed E-state index contributed by atoms with van der Waals surface area (Å²) in [5.74, 6) is -0.548. The molecule has 0 saturated heterocycles. The molecule has 0 amide bonds. The number of thiazole rings is 1. The van der Waals surface area contributed by atoms with Crippen LogP contribution in [0.1, 0.15) is 66.8 Å². The fraction of sp³-hybridized carbons (Fsp3) is 0.381. The van der Waals surface area contributed by atoms with Gasteiger partial charge in [-0.1, -0.05) is 26.2 Å². The molecule has 6 nitrogen and oxygen atoms in total. The van der Waals surface area contributed by atoms with Gasteiger partial charge >= 0.3 is 11.9 Å². The van der Waals surface area contributed by atoms with E-state index in [-0.39, 0.29) is 17.8 Å². The highest BCUT2D eigenvalue weighted by Crippen LogP contribution is 2.17. The first-order valence-electron chi connectivity index (χ1n) is 9.52. The highest BCUT2D eigenvalue weighted by Gasteiger charge is 2.15. The Labute approximate surface area is 168 Å². The van der Waals surface area contributed by atoms with Gasteiger partial charge in [-0.2, -0.15) is 0 Å². The lowest BCUT2D eigenvalue weighted by Crippen LogP contribution is -2.15. The number of unbranched alkanes of at least 4 members (excludes halogenated alkanes) is 3. The zero-order valence-corrected chi connectivity index (χ0v) is 16.9. The lowest BCUT2D eigenvalue weighted by Gasteiger charge is -2.13. The van der Waals surface area contributed by atoms with Gasteiger partial charge in [0.05, 0.1) is 11.7 Å². The molecule has 0 radical (unpaired) electrons. The van der Waals surface area contributed by atoms with Crippen molar-refractivity contribution in [3.8, 4) is 5.75 Å². The Morgan fingerprint density at radius 2 is 1.93 bits per heavy atom. The highest BCUT2D eigenvalue weighted by molar-refractivity contribution is 7.15. The number of carbonyl (C=O) groups is 2. The Morgan fingerprint density at radius 3 is 2.64 bits per heavy atom. The van der Waals surface area contributed by atoms with Crippen molar-refractivity contribution in [2.45, 2.75) is 52.1 Å². The van der Waals surface area contributed by atoms with Gasteiger partial charge < -0.3 is 9.47 Å². The monoisotopic (exact) mass is 400 g/mol. The largest absolute Gasteiger partial charge is 0.459 e. The van der Waals surface area contributed by atoms with E-state index in [1.165, 1.54) is 24.2 Å². The average molecular weight is 401 g/mol. The molecule has 2 heterocycles. The first-order valence-corrected chi connectivity index (χ1v) is 10.4. The highest BCUT2D eigenvalue weighted by atomic mass is 32.1. The molecule has 0 spiro atoms. The minimum absolute atomic E-state index is 0.114. The van der Waals surface area contributed by atoms with E-state index in [1.807, 2.05) is 18.5 Å². The Morgan fingerprint density at radius 1 is 1.14 bits per heavy atom. The molecule has 1 unspecified atom stereocenters. The summed E-state index contributed by atoms with van der Waals surface area (Å²) in [5, 5.41) is 1.89. The van der Waals surface area contributed by atoms with Gasteiger partial charge in [0, 0.05) is 17.8 Å². The lowest BCUT2D eigenvalue weighted by atomic mass is 10.1. The van der Waals surface area contributed by atoms with Crippen LogP contribution in [0.4, 0.5) is 0 Å². The Balaban J connectivity index is 1.51. The molecular weight excluding hydrogens is 376 g/mol. The van der Waals surface area contributed by atoms with Crippen LogP contribution >= 0.6 is 11.3 Å². The number of fused-ring (bicyclic) bond motifs is 1. The first kappa shape index (κ1) is 20.1. The van der Waals surface area contributed by atoms with Gasteiger partial charge in [0.2, 0.25) is 0 Å². The minimum Gasteiger partial charge on any atom is -0.459 e. The van der Waals surface area contributed by atoms with Crippen molar-refractivity contribution in [1.29, 1.82) is 0 Å². The number of nitrogens with zero attached hydrogens (tertiary/aromatic N) is 2. The van der Waals surface area contributed by atoms with E-state index < -0.39 is 5.97 Å². The Kier molecular flexibility index (Phi) is 6.81. The van der Waals surface area contributed by atoms with Gasteiger partial charge in [-0.25, -0.2) is 14.6 Å². The maximum atomic E-state index is 12.2. The fourth-order valence-corrected chi connectivity index (χ4v) is 3.51. The van der Waals surface area contributed by atoms with Gasteiger partial charge in [0.1, 0.15) is 5.75 Å². The van der Waals surface area contributed by atoms with E-state index in [9.17, 15) is 9.59 Å². The molecule has 1 atom stereocenters. The molecule has 1 aromatic carbocycles. The molecule has 3 aromatic rings. The number of ether oxygens (including phenoxy) is 2. The molecule has 2 aromatic heterocycles. The molecule has 0 aliphatic carbocycles. The third-order valence-electron chi connectivity index (χ3n) is 4.38. The average Bonchev–Trinajstić information content (AvgIpc) is 3.28. The van der Waals surface area contributed by atoms with Gasteiger partial charge in [-0.3, -0.25) is 4.40 Å². The van der Waals surface area contributed by atoms with Gasteiger partial charge in [0.25, 0.3) is 0 Å². The van der Waals surface area contributed by atoms with Gasteiger partial charge in [-0.15, -0.1) is 11.3 Å². The van der Waals surface area contributed by atoms with E-state index in [0.29, 0.717) is 11.3 Å². The predicted molar refractivity (Wildman–Crippen MR) is 108 cm³/mol. The molecule has 7 heteroatoms. The van der Waals surface area contributed by atoms with E-state index in [1.54, 1.807) is 34.9 Å². The Hall–Kier alpha value is -2.67. The quantitative estimate of drug-likeness (QED) is 0.283. The third kappa shape index (κ3) is 5.19. The summed E-state index contributed by atoms with van der Waals surface area (Å²) in [7, 11) is 0. The number of rotatable bonds is 9. The number of aromatic nitrogens is 2. The van der Waals surface area contributed by atoms with E-state index in [4.69, 9.17) is 9.47 Å². The van der Waals surface area contributed by atoms with E-state index in [2.05, 4.69) is 11.9 Å². The molecule has 0 fully saturated rings. The standard InChI is InChI=1S/C21H24N2O4S/c1-3-4-5-6-7-15(2)26-19(24)16-8-10-17(11-9-16)27-20(25)18-14-23-12-13-28-21(23)22-18/h8-15H,3-7H2,1-2H3. The van der Waals surface area contributed by atoms with Gasteiger partial charge in [-0.05, 0) is 44.0 Å². The van der Waals surface area contributed by atoms with Crippen molar-refractivity contribution in [2.24, 2.45) is 0 Å². The number of carbonyl (C=O) groups excluding carboxylic acids is 2. The minimum atomic E-state index is -0.535. The second-order valence-electron chi connectivity index (χ2n) is 6.70. The van der Waals surface area contributed by atoms with Crippen LogP contribution in [-0.2, 0) is 4.74 Å². The normalized spacial score (nSPS) is 12.1. The maximum absolute atomic E-state index is 12.2. The van der Waals surface area contributed by atoms with Crippen molar-refractivity contribution in [3.63, 3.8) is 0 Å². The maximum Gasteiger partial charge on any atom is 0.363 e. The van der Waals surface area contributed by atoms with Crippen molar-refractivity contribution >= 4 is 28.2 Å². The lowest BCUT2D eigenvalue weighted by molar-refractivity contribution is 0.0319. The number of benzene rings is 1. The molecule has 148 valence electrons. The van der Waals surface area contributed by atoms with Crippen LogP contribution in [0.15, 0.2) is 42.0 Å². The predicted octanol–water partition coefficient (Wildman–Crippen LogP) is 5.13. The first-order chi connectivity index (χ1) is 13.6. The summed E-state index contributed by atoms with van der Waals surface area (Å²) in [5.41, 5.74) is 0.676. The summed E-state index contributed by atoms with van der Waals surface area (Å²) in [6.07, 6.45) is 8.81. The summed E-state index contributed by atoms with van der Waals surface area (Å²) >= 11 is 1.44. The topological polar surface area (TPSA) is 69.9 Å². The van der Waals surface area contributed by atoms with Crippen LogP contribution in [0, 0.1) is 0 Å². The molecule has 0 N–H and O–H groups in total. The third-order valence-corrected chi connectivity index (χ3v) is 5.15. The van der Waals surface area contributed by atoms with E-state index >= 15 is 0 Å². The SMILES string of the molecule is CCCCCCC(C)OC(=O)c1ccc(OC(=O)c2cn3ccsc3n2)cc1. The molecular formula is C21H24N2O4S. The van der Waals surface area contributed by atoms with Crippen molar-refractivity contribution < 1.29 is 19.1 Å². The number of hydrogen-bond donors (Lipinski definition) is 0. The number of esters is 2. The van der Waals surface area contributed by atoms with Crippen molar-refractivity contribution in [3.05, 3.63) is 53.3 Å².